The van der Waals surface area contributed by atoms with Gasteiger partial charge in [0, 0.05) is 12.6 Å². The van der Waals surface area contributed by atoms with Gasteiger partial charge in [0.05, 0.1) is 12.5 Å². The highest BCUT2D eigenvalue weighted by Gasteiger charge is 2.09. The van der Waals surface area contributed by atoms with Crippen molar-refractivity contribution in [1.29, 1.82) is 5.26 Å². The van der Waals surface area contributed by atoms with Crippen molar-refractivity contribution in [2.45, 2.75) is 19.0 Å². The van der Waals surface area contributed by atoms with Gasteiger partial charge in [-0.05, 0) is 23.3 Å². The zero-order valence-electron chi connectivity index (χ0n) is 10.6. The second kappa shape index (κ2) is 6.58. The summed E-state index contributed by atoms with van der Waals surface area (Å²) >= 11 is 0. The van der Waals surface area contributed by atoms with E-state index in [1.54, 1.807) is 12.1 Å². The van der Waals surface area contributed by atoms with E-state index >= 15 is 0 Å². The van der Waals surface area contributed by atoms with E-state index in [4.69, 9.17) is 5.26 Å². The van der Waals surface area contributed by atoms with E-state index in [9.17, 15) is 5.11 Å². The van der Waals surface area contributed by atoms with Crippen LogP contribution < -0.4 is 5.32 Å². The Morgan fingerprint density at radius 2 is 1.74 bits per heavy atom. The Balaban J connectivity index is 2.02. The Labute approximate surface area is 113 Å². The van der Waals surface area contributed by atoms with Gasteiger partial charge in [0.25, 0.3) is 0 Å². The predicted octanol–water partition coefficient (Wildman–Crippen LogP) is 3.14. The van der Waals surface area contributed by atoms with E-state index in [0.717, 1.165) is 11.1 Å². The molecule has 1 unspecified atom stereocenters. The predicted molar refractivity (Wildman–Crippen MR) is 74.4 cm³/mol. The first kappa shape index (κ1) is 13.1. The monoisotopic (exact) mass is 252 g/mol. The summed E-state index contributed by atoms with van der Waals surface area (Å²) in [6, 6.07) is 19.3. The van der Waals surface area contributed by atoms with Crippen molar-refractivity contribution in [2.75, 3.05) is 0 Å². The van der Waals surface area contributed by atoms with Crippen LogP contribution in [0.15, 0.2) is 54.6 Å². The molecular weight excluding hydrogens is 236 g/mol. The lowest BCUT2D eigenvalue weighted by Gasteiger charge is -2.16. The second-order valence-corrected chi connectivity index (χ2v) is 4.37. The largest absolute Gasteiger partial charge is 0.508 e. The highest BCUT2D eigenvalue weighted by molar-refractivity contribution is 5.26. The molecule has 0 aliphatic heterocycles. The molecule has 0 radical (unpaired) electrons. The number of hydrogen-bond donors (Lipinski definition) is 2. The molecule has 0 saturated carbocycles. The minimum atomic E-state index is 0.0278. The van der Waals surface area contributed by atoms with Gasteiger partial charge in [0.15, 0.2) is 0 Å². The lowest BCUT2D eigenvalue weighted by atomic mass is 10.0. The number of benzene rings is 2. The Morgan fingerprint density at radius 1 is 1.05 bits per heavy atom. The van der Waals surface area contributed by atoms with Gasteiger partial charge >= 0.3 is 0 Å². The third-order valence-corrected chi connectivity index (χ3v) is 2.99. The number of phenols is 1. The number of nitrogens with one attached hydrogen (secondary N) is 1. The molecular formula is C16H16N2O. The fraction of sp³-hybridized carbons (Fsp3) is 0.188. The van der Waals surface area contributed by atoms with Gasteiger partial charge in [-0.3, -0.25) is 0 Å². The maximum Gasteiger partial charge on any atom is 0.115 e. The van der Waals surface area contributed by atoms with Crippen LogP contribution in [0.5, 0.6) is 5.75 Å². The van der Waals surface area contributed by atoms with Crippen LogP contribution in [0, 0.1) is 11.3 Å². The average molecular weight is 252 g/mol. The Morgan fingerprint density at radius 3 is 2.37 bits per heavy atom. The Hall–Kier alpha value is -2.31. The van der Waals surface area contributed by atoms with Crippen LogP contribution in [-0.2, 0) is 6.54 Å². The van der Waals surface area contributed by atoms with E-state index in [2.05, 4.69) is 11.4 Å². The number of hydrogen-bond acceptors (Lipinski definition) is 3. The summed E-state index contributed by atoms with van der Waals surface area (Å²) < 4.78 is 0. The van der Waals surface area contributed by atoms with Crippen molar-refractivity contribution in [3.05, 3.63) is 65.7 Å². The highest BCUT2D eigenvalue weighted by Crippen LogP contribution is 2.17. The molecule has 1 atom stereocenters. The Bertz CT molecular complexity index is 543. The van der Waals surface area contributed by atoms with Crippen LogP contribution in [0.1, 0.15) is 23.6 Å². The number of phenolic OH excluding ortho intramolecular Hbond substituents is 1. The smallest absolute Gasteiger partial charge is 0.115 e. The summed E-state index contributed by atoms with van der Waals surface area (Å²) in [6.45, 7) is 0.668. The quantitative estimate of drug-likeness (QED) is 0.859. The van der Waals surface area contributed by atoms with Crippen molar-refractivity contribution in [3.63, 3.8) is 0 Å². The normalized spacial score (nSPS) is 11.7. The first-order valence-corrected chi connectivity index (χ1v) is 6.23. The van der Waals surface area contributed by atoms with E-state index in [1.165, 1.54) is 0 Å². The van der Waals surface area contributed by atoms with Crippen LogP contribution >= 0.6 is 0 Å². The van der Waals surface area contributed by atoms with Gasteiger partial charge in [0.2, 0.25) is 0 Å². The molecule has 96 valence electrons. The lowest BCUT2D eigenvalue weighted by molar-refractivity contribution is 0.474. The molecule has 0 fully saturated rings. The molecule has 0 aromatic heterocycles. The number of aromatic hydroxyl groups is 1. The SMILES string of the molecule is N#CCC(NCc1ccc(O)cc1)c1ccccc1. The molecule has 0 heterocycles. The van der Waals surface area contributed by atoms with Crippen molar-refractivity contribution in [3.8, 4) is 11.8 Å². The van der Waals surface area contributed by atoms with Crippen LogP contribution in [0.2, 0.25) is 0 Å². The topological polar surface area (TPSA) is 56.0 Å². The summed E-state index contributed by atoms with van der Waals surface area (Å²) in [7, 11) is 0. The second-order valence-electron chi connectivity index (χ2n) is 4.37. The fourth-order valence-corrected chi connectivity index (χ4v) is 1.94. The summed E-state index contributed by atoms with van der Waals surface area (Å²) in [5.41, 5.74) is 2.19. The van der Waals surface area contributed by atoms with Crippen LogP contribution in [0.4, 0.5) is 0 Å². The van der Waals surface area contributed by atoms with Crippen LogP contribution in [0.25, 0.3) is 0 Å². The summed E-state index contributed by atoms with van der Waals surface area (Å²) in [4.78, 5) is 0. The maximum absolute atomic E-state index is 9.23. The van der Waals surface area contributed by atoms with E-state index in [0.29, 0.717) is 13.0 Å². The molecule has 0 bridgehead atoms. The van der Waals surface area contributed by atoms with Crippen LogP contribution in [0.3, 0.4) is 0 Å². The molecule has 3 heteroatoms. The van der Waals surface area contributed by atoms with E-state index in [-0.39, 0.29) is 11.8 Å². The van der Waals surface area contributed by atoms with Gasteiger partial charge < -0.3 is 10.4 Å². The number of nitriles is 1. The summed E-state index contributed by atoms with van der Waals surface area (Å²) in [6.07, 6.45) is 0.433. The first-order chi connectivity index (χ1) is 9.29. The van der Waals surface area contributed by atoms with E-state index < -0.39 is 0 Å². The minimum Gasteiger partial charge on any atom is -0.508 e. The first-order valence-electron chi connectivity index (χ1n) is 6.23. The third-order valence-electron chi connectivity index (χ3n) is 2.99. The third kappa shape index (κ3) is 3.84. The number of rotatable bonds is 5. The van der Waals surface area contributed by atoms with Gasteiger partial charge in [-0.1, -0.05) is 42.5 Å². The number of nitrogens with zero attached hydrogens (tertiary/aromatic N) is 1. The fourth-order valence-electron chi connectivity index (χ4n) is 1.94. The van der Waals surface area contributed by atoms with Gasteiger partial charge in [-0.15, -0.1) is 0 Å². The summed E-state index contributed by atoms with van der Waals surface area (Å²) in [5, 5.41) is 21.5. The molecule has 2 aromatic rings. The molecule has 3 nitrogen and oxygen atoms in total. The average Bonchev–Trinajstić information content (AvgIpc) is 2.46. The van der Waals surface area contributed by atoms with Gasteiger partial charge in [-0.25, -0.2) is 0 Å². The molecule has 0 aliphatic carbocycles. The highest BCUT2D eigenvalue weighted by atomic mass is 16.3. The lowest BCUT2D eigenvalue weighted by Crippen LogP contribution is -2.20. The zero-order valence-corrected chi connectivity index (χ0v) is 10.6. The van der Waals surface area contributed by atoms with Crippen molar-refractivity contribution in [2.24, 2.45) is 0 Å². The molecule has 2 N–H and O–H groups in total. The minimum absolute atomic E-state index is 0.0278. The van der Waals surface area contributed by atoms with Gasteiger partial charge in [-0.2, -0.15) is 5.26 Å². The van der Waals surface area contributed by atoms with Crippen molar-refractivity contribution < 1.29 is 5.11 Å². The summed E-state index contributed by atoms with van der Waals surface area (Å²) in [5.74, 6) is 0.264. The molecule has 2 aromatic carbocycles. The maximum atomic E-state index is 9.23. The van der Waals surface area contributed by atoms with Crippen molar-refractivity contribution in [1.82, 2.24) is 5.32 Å². The van der Waals surface area contributed by atoms with E-state index in [1.807, 2.05) is 42.5 Å². The molecule has 0 aliphatic rings. The zero-order chi connectivity index (χ0) is 13.5. The molecule has 0 amide bonds. The molecule has 0 saturated heterocycles. The Kier molecular flexibility index (Phi) is 4.54. The molecule has 0 spiro atoms. The van der Waals surface area contributed by atoms with Crippen LogP contribution in [-0.4, -0.2) is 5.11 Å². The molecule has 19 heavy (non-hydrogen) atoms. The van der Waals surface area contributed by atoms with Gasteiger partial charge in [0.1, 0.15) is 5.75 Å². The van der Waals surface area contributed by atoms with Crippen molar-refractivity contribution >= 4 is 0 Å². The standard InChI is InChI=1S/C16H16N2O/c17-11-10-16(14-4-2-1-3-5-14)18-12-13-6-8-15(19)9-7-13/h1-9,16,18-19H,10,12H2. The molecule has 2 rings (SSSR count).